The summed E-state index contributed by atoms with van der Waals surface area (Å²) in [4.78, 5) is 0. The molecule has 1 fully saturated rings. The van der Waals surface area contributed by atoms with Crippen molar-refractivity contribution < 1.29 is 0 Å². The summed E-state index contributed by atoms with van der Waals surface area (Å²) in [7, 11) is 0. The molecule has 0 unspecified atom stereocenters. The third-order valence-corrected chi connectivity index (χ3v) is 3.87. The predicted octanol–water partition coefficient (Wildman–Crippen LogP) is 4.48. The highest BCUT2D eigenvalue weighted by atomic mass is 79.9. The molecule has 0 amide bonds. The predicted molar refractivity (Wildman–Crippen MR) is 73.8 cm³/mol. The maximum absolute atomic E-state index is 9.47. The molecule has 3 heteroatoms. The van der Waals surface area contributed by atoms with Crippen molar-refractivity contribution in [3.63, 3.8) is 0 Å². The Morgan fingerprint density at radius 2 is 1.88 bits per heavy atom. The number of hydrogen-bond acceptors (Lipinski definition) is 2. The van der Waals surface area contributed by atoms with Crippen molar-refractivity contribution in [1.82, 2.24) is 0 Å². The molecule has 0 heterocycles. The van der Waals surface area contributed by atoms with E-state index in [1.807, 2.05) is 24.3 Å². The van der Waals surface area contributed by atoms with Crippen molar-refractivity contribution in [2.24, 2.45) is 0 Å². The van der Waals surface area contributed by atoms with Gasteiger partial charge in [0.15, 0.2) is 0 Å². The molecule has 0 aliphatic heterocycles. The summed E-state index contributed by atoms with van der Waals surface area (Å²) in [5.41, 5.74) is 0.667. The molecule has 0 aromatic heterocycles. The van der Waals surface area contributed by atoms with Gasteiger partial charge in [0.25, 0.3) is 0 Å². The topological polar surface area (TPSA) is 35.8 Å². The van der Waals surface area contributed by atoms with Gasteiger partial charge in [-0.1, -0.05) is 47.7 Å². The van der Waals surface area contributed by atoms with Crippen molar-refractivity contribution in [3.05, 3.63) is 28.7 Å². The number of nitriles is 1. The standard InChI is InChI=1S/C14H17BrN2/c15-12-6-5-7-13(10-12)17-14(11-16)8-3-1-2-4-9-14/h5-7,10,17H,1-4,8-9H2. The van der Waals surface area contributed by atoms with E-state index in [9.17, 15) is 5.26 Å². The van der Waals surface area contributed by atoms with Gasteiger partial charge in [0.1, 0.15) is 5.54 Å². The molecule has 1 aromatic carbocycles. The Balaban J connectivity index is 2.16. The van der Waals surface area contributed by atoms with Gasteiger partial charge in [-0.2, -0.15) is 5.26 Å². The number of nitrogens with zero attached hydrogens (tertiary/aromatic N) is 1. The molecule has 2 nitrogen and oxygen atoms in total. The molecular weight excluding hydrogens is 276 g/mol. The summed E-state index contributed by atoms with van der Waals surface area (Å²) in [6.07, 6.45) is 6.71. The molecule has 0 saturated heterocycles. The minimum Gasteiger partial charge on any atom is -0.367 e. The zero-order valence-corrected chi connectivity index (χ0v) is 11.5. The summed E-state index contributed by atoms with van der Waals surface area (Å²) in [5.74, 6) is 0. The summed E-state index contributed by atoms with van der Waals surface area (Å²) < 4.78 is 1.05. The average molecular weight is 293 g/mol. The molecule has 1 aliphatic carbocycles. The monoisotopic (exact) mass is 292 g/mol. The number of nitrogens with one attached hydrogen (secondary N) is 1. The number of hydrogen-bond donors (Lipinski definition) is 1. The number of rotatable bonds is 2. The van der Waals surface area contributed by atoms with Crippen LogP contribution in [-0.2, 0) is 0 Å². The summed E-state index contributed by atoms with van der Waals surface area (Å²) >= 11 is 3.46. The van der Waals surface area contributed by atoms with E-state index in [-0.39, 0.29) is 5.54 Å². The molecule has 1 aliphatic rings. The first-order valence-corrected chi connectivity index (χ1v) is 6.98. The Morgan fingerprint density at radius 1 is 1.18 bits per heavy atom. The fourth-order valence-electron chi connectivity index (χ4n) is 2.44. The molecule has 1 aromatic rings. The Hall–Kier alpha value is -1.01. The van der Waals surface area contributed by atoms with Crippen molar-refractivity contribution in [1.29, 1.82) is 5.26 Å². The Kier molecular flexibility index (Phi) is 4.06. The zero-order valence-electron chi connectivity index (χ0n) is 9.88. The number of anilines is 1. The second kappa shape index (κ2) is 5.55. The van der Waals surface area contributed by atoms with Gasteiger partial charge in [0.05, 0.1) is 6.07 Å². The van der Waals surface area contributed by atoms with Crippen LogP contribution in [0.1, 0.15) is 38.5 Å². The second-order valence-corrected chi connectivity index (χ2v) is 5.66. The van der Waals surface area contributed by atoms with Crippen LogP contribution < -0.4 is 5.32 Å². The summed E-state index contributed by atoms with van der Waals surface area (Å²) in [6, 6.07) is 10.5. The third kappa shape index (κ3) is 3.23. The normalized spacial score (nSPS) is 19.1. The molecule has 1 saturated carbocycles. The van der Waals surface area contributed by atoms with Gasteiger partial charge < -0.3 is 5.32 Å². The van der Waals surface area contributed by atoms with Crippen LogP contribution in [-0.4, -0.2) is 5.54 Å². The lowest BCUT2D eigenvalue weighted by atomic mass is 9.91. The van der Waals surface area contributed by atoms with Crippen molar-refractivity contribution >= 4 is 21.6 Å². The highest BCUT2D eigenvalue weighted by molar-refractivity contribution is 9.10. The van der Waals surface area contributed by atoms with E-state index in [0.29, 0.717) is 0 Å². The van der Waals surface area contributed by atoms with Crippen molar-refractivity contribution in [2.75, 3.05) is 5.32 Å². The third-order valence-electron chi connectivity index (χ3n) is 3.38. The van der Waals surface area contributed by atoms with Gasteiger partial charge in [0.2, 0.25) is 0 Å². The second-order valence-electron chi connectivity index (χ2n) is 4.74. The molecule has 1 N–H and O–H groups in total. The number of halogens is 1. The van der Waals surface area contributed by atoms with E-state index in [0.717, 1.165) is 35.8 Å². The fraction of sp³-hybridized carbons (Fsp3) is 0.500. The Labute approximate surface area is 111 Å². The molecule has 17 heavy (non-hydrogen) atoms. The van der Waals surface area contributed by atoms with E-state index in [1.54, 1.807) is 0 Å². The van der Waals surface area contributed by atoms with Crippen LogP contribution in [0.3, 0.4) is 0 Å². The number of benzene rings is 1. The molecule has 0 spiro atoms. The lowest BCUT2D eigenvalue weighted by molar-refractivity contribution is 0.510. The van der Waals surface area contributed by atoms with E-state index in [4.69, 9.17) is 0 Å². The Morgan fingerprint density at radius 3 is 2.47 bits per heavy atom. The minimum absolute atomic E-state index is 0.364. The van der Waals surface area contributed by atoms with Crippen molar-refractivity contribution in [2.45, 2.75) is 44.1 Å². The minimum atomic E-state index is -0.364. The maximum Gasteiger partial charge on any atom is 0.125 e. The lowest BCUT2D eigenvalue weighted by Gasteiger charge is -2.27. The molecule has 0 radical (unpaired) electrons. The highest BCUT2D eigenvalue weighted by Crippen LogP contribution is 2.30. The van der Waals surface area contributed by atoms with E-state index in [1.165, 1.54) is 12.8 Å². The van der Waals surface area contributed by atoms with Gasteiger partial charge >= 0.3 is 0 Å². The zero-order chi connectivity index (χ0) is 12.1. The molecule has 90 valence electrons. The molecule has 2 rings (SSSR count). The fourth-order valence-corrected chi connectivity index (χ4v) is 2.84. The first-order valence-electron chi connectivity index (χ1n) is 6.19. The quantitative estimate of drug-likeness (QED) is 0.816. The molecular formula is C14H17BrN2. The lowest BCUT2D eigenvalue weighted by Crippen LogP contribution is -2.35. The highest BCUT2D eigenvalue weighted by Gasteiger charge is 2.30. The SMILES string of the molecule is N#CC1(Nc2cccc(Br)c2)CCCCCC1. The average Bonchev–Trinajstić information content (AvgIpc) is 2.55. The van der Waals surface area contributed by atoms with Gasteiger partial charge in [0, 0.05) is 10.2 Å². The van der Waals surface area contributed by atoms with Crippen LogP contribution in [0.2, 0.25) is 0 Å². The van der Waals surface area contributed by atoms with Crippen LogP contribution in [0.25, 0.3) is 0 Å². The first-order chi connectivity index (χ1) is 8.24. The smallest absolute Gasteiger partial charge is 0.125 e. The van der Waals surface area contributed by atoms with E-state index in [2.05, 4.69) is 27.3 Å². The molecule has 0 bridgehead atoms. The van der Waals surface area contributed by atoms with Crippen molar-refractivity contribution in [3.8, 4) is 6.07 Å². The van der Waals surface area contributed by atoms with Crippen LogP contribution in [0, 0.1) is 11.3 Å². The van der Waals surface area contributed by atoms with E-state index >= 15 is 0 Å². The maximum atomic E-state index is 9.47. The first kappa shape index (κ1) is 12.4. The largest absolute Gasteiger partial charge is 0.367 e. The van der Waals surface area contributed by atoms with E-state index < -0.39 is 0 Å². The van der Waals surface area contributed by atoms with Gasteiger partial charge in [-0.25, -0.2) is 0 Å². The molecule has 0 atom stereocenters. The summed E-state index contributed by atoms with van der Waals surface area (Å²) in [5, 5.41) is 12.9. The summed E-state index contributed by atoms with van der Waals surface area (Å²) in [6.45, 7) is 0. The van der Waals surface area contributed by atoms with Crippen LogP contribution >= 0.6 is 15.9 Å². The Bertz CT molecular complexity index is 414. The van der Waals surface area contributed by atoms with Gasteiger partial charge in [-0.15, -0.1) is 0 Å². The van der Waals surface area contributed by atoms with Gasteiger partial charge in [-0.3, -0.25) is 0 Å². The van der Waals surface area contributed by atoms with Crippen LogP contribution in [0.4, 0.5) is 5.69 Å². The van der Waals surface area contributed by atoms with Crippen LogP contribution in [0.5, 0.6) is 0 Å². The van der Waals surface area contributed by atoms with Crippen LogP contribution in [0.15, 0.2) is 28.7 Å². The van der Waals surface area contributed by atoms with Gasteiger partial charge in [-0.05, 0) is 31.0 Å².